The molecule has 3 heterocycles. The molecular formula is C21H19N3O3S2. The zero-order valence-electron chi connectivity index (χ0n) is 15.8. The second-order valence-corrected chi connectivity index (χ2v) is 10.1. The molecule has 29 heavy (non-hydrogen) atoms. The molecule has 2 aromatic carbocycles. The zero-order valence-corrected chi connectivity index (χ0v) is 17.4. The summed E-state index contributed by atoms with van der Waals surface area (Å²) in [5.41, 5.74) is 5.14. The lowest BCUT2D eigenvalue weighted by Crippen LogP contribution is -2.33. The fourth-order valence-corrected chi connectivity index (χ4v) is 5.78. The maximum Gasteiger partial charge on any atom is 0.261 e. The van der Waals surface area contributed by atoms with Crippen LogP contribution in [-0.2, 0) is 27.7 Å². The Kier molecular flexibility index (Phi) is 4.22. The van der Waals surface area contributed by atoms with E-state index in [1.54, 1.807) is 40.5 Å². The van der Waals surface area contributed by atoms with Crippen molar-refractivity contribution in [1.82, 2.24) is 4.98 Å². The highest BCUT2D eigenvalue weighted by atomic mass is 32.2. The van der Waals surface area contributed by atoms with Gasteiger partial charge < -0.3 is 4.90 Å². The van der Waals surface area contributed by atoms with Crippen molar-refractivity contribution in [2.75, 3.05) is 16.2 Å². The van der Waals surface area contributed by atoms with Crippen molar-refractivity contribution in [3.63, 3.8) is 0 Å². The van der Waals surface area contributed by atoms with Gasteiger partial charge in [-0.25, -0.2) is 13.4 Å². The molecular weight excluding hydrogens is 406 g/mol. The van der Waals surface area contributed by atoms with Crippen LogP contribution in [0.15, 0.2) is 46.7 Å². The van der Waals surface area contributed by atoms with Crippen LogP contribution in [-0.4, -0.2) is 25.9 Å². The quantitative estimate of drug-likeness (QED) is 0.690. The lowest BCUT2D eigenvalue weighted by atomic mass is 10.00. The van der Waals surface area contributed by atoms with Crippen LogP contribution in [0, 0.1) is 6.92 Å². The number of aromatic nitrogens is 1. The van der Waals surface area contributed by atoms with Crippen molar-refractivity contribution in [2.24, 2.45) is 0 Å². The molecule has 2 aliphatic rings. The number of thiazole rings is 1. The lowest BCUT2D eigenvalue weighted by molar-refractivity contribution is -0.118. The summed E-state index contributed by atoms with van der Waals surface area (Å²) in [7, 11) is -3.71. The van der Waals surface area contributed by atoms with E-state index in [-0.39, 0.29) is 10.8 Å². The molecule has 148 valence electrons. The third-order valence-electron chi connectivity index (χ3n) is 5.39. The first kappa shape index (κ1) is 18.3. The molecule has 0 atom stereocenters. The van der Waals surface area contributed by atoms with Crippen molar-refractivity contribution < 1.29 is 13.2 Å². The van der Waals surface area contributed by atoms with Gasteiger partial charge in [-0.05, 0) is 55.2 Å². The van der Waals surface area contributed by atoms with E-state index in [1.165, 1.54) is 0 Å². The van der Waals surface area contributed by atoms with Crippen molar-refractivity contribution in [3.05, 3.63) is 57.9 Å². The summed E-state index contributed by atoms with van der Waals surface area (Å²) in [6.07, 6.45) is 1.71. The number of nitrogens with one attached hydrogen (secondary N) is 1. The van der Waals surface area contributed by atoms with E-state index >= 15 is 0 Å². The summed E-state index contributed by atoms with van der Waals surface area (Å²) in [6, 6.07) is 10.6. The van der Waals surface area contributed by atoms with Crippen LogP contribution >= 0.6 is 11.3 Å². The largest absolute Gasteiger partial charge is 0.312 e. The normalized spacial score (nSPS) is 15.5. The molecule has 1 N–H and O–H groups in total. The first-order chi connectivity index (χ1) is 13.9. The molecule has 0 saturated carbocycles. The Bertz CT molecular complexity index is 1230. The molecule has 0 saturated heterocycles. The third-order valence-corrected chi connectivity index (χ3v) is 7.52. The molecule has 0 fully saturated rings. The van der Waals surface area contributed by atoms with Crippen LogP contribution in [0.25, 0.3) is 11.3 Å². The minimum atomic E-state index is -3.71. The Morgan fingerprint density at radius 1 is 1.07 bits per heavy atom. The van der Waals surface area contributed by atoms with Gasteiger partial charge in [-0.2, -0.15) is 0 Å². The number of hydrogen-bond acceptors (Lipinski definition) is 5. The summed E-state index contributed by atoms with van der Waals surface area (Å²) < 4.78 is 28.7. The van der Waals surface area contributed by atoms with E-state index in [0.717, 1.165) is 33.1 Å². The number of hydrogen-bond donors (Lipinski definition) is 1. The maximum absolute atomic E-state index is 13.0. The average Bonchev–Trinajstić information content (AvgIpc) is 3.32. The van der Waals surface area contributed by atoms with Gasteiger partial charge in [0.05, 0.1) is 21.3 Å². The molecule has 1 aromatic heterocycles. The first-order valence-electron chi connectivity index (χ1n) is 9.42. The average molecular weight is 426 g/mol. The molecule has 0 bridgehead atoms. The molecule has 3 aromatic rings. The van der Waals surface area contributed by atoms with Gasteiger partial charge in [0.25, 0.3) is 10.0 Å². The van der Waals surface area contributed by atoms with Crippen LogP contribution < -0.4 is 9.62 Å². The van der Waals surface area contributed by atoms with E-state index in [0.29, 0.717) is 31.5 Å². The van der Waals surface area contributed by atoms with Crippen LogP contribution in [0.3, 0.4) is 0 Å². The first-order valence-corrected chi connectivity index (χ1v) is 11.8. The molecule has 1 amide bonds. The van der Waals surface area contributed by atoms with E-state index in [4.69, 9.17) is 0 Å². The van der Waals surface area contributed by atoms with E-state index < -0.39 is 10.0 Å². The van der Waals surface area contributed by atoms with E-state index in [1.807, 2.05) is 24.4 Å². The number of aryl methyl sites for hydroxylation is 2. The lowest BCUT2D eigenvalue weighted by Gasteiger charge is -2.25. The number of sulfonamides is 1. The predicted octanol–water partition coefficient (Wildman–Crippen LogP) is 3.75. The second kappa shape index (κ2) is 6.67. The topological polar surface area (TPSA) is 79.4 Å². The van der Waals surface area contributed by atoms with E-state index in [9.17, 15) is 13.2 Å². The SMILES string of the molecule is Cc1nc(-c2ccc(NS(=O)(=O)c3cc4c5c(c3)CCN5C(=O)CC4)cc2)cs1. The number of carbonyl (C=O) groups excluding carboxylic acids is 1. The highest BCUT2D eigenvalue weighted by Crippen LogP contribution is 2.38. The summed E-state index contributed by atoms with van der Waals surface area (Å²) in [5.74, 6) is 0.125. The Morgan fingerprint density at radius 3 is 2.48 bits per heavy atom. The molecule has 2 aliphatic heterocycles. The van der Waals surface area contributed by atoms with Crippen LogP contribution in [0.5, 0.6) is 0 Å². The van der Waals surface area contributed by atoms with Gasteiger partial charge >= 0.3 is 0 Å². The van der Waals surface area contributed by atoms with Crippen LogP contribution in [0.2, 0.25) is 0 Å². The smallest absolute Gasteiger partial charge is 0.261 e. The molecule has 0 spiro atoms. The minimum absolute atomic E-state index is 0.125. The van der Waals surface area contributed by atoms with Crippen LogP contribution in [0.4, 0.5) is 11.4 Å². The zero-order chi connectivity index (χ0) is 20.2. The number of carbonyl (C=O) groups is 1. The van der Waals surface area contributed by atoms with Gasteiger partial charge in [-0.15, -0.1) is 11.3 Å². The van der Waals surface area contributed by atoms with Gasteiger partial charge in [-0.3, -0.25) is 9.52 Å². The van der Waals surface area contributed by atoms with Crippen LogP contribution in [0.1, 0.15) is 22.6 Å². The summed E-state index contributed by atoms with van der Waals surface area (Å²) in [4.78, 5) is 18.6. The van der Waals surface area contributed by atoms with Gasteiger partial charge in [-0.1, -0.05) is 12.1 Å². The molecule has 5 rings (SSSR count). The Morgan fingerprint density at radius 2 is 1.79 bits per heavy atom. The number of rotatable bonds is 4. The summed E-state index contributed by atoms with van der Waals surface area (Å²) >= 11 is 1.58. The van der Waals surface area contributed by atoms with Crippen molar-refractivity contribution in [2.45, 2.75) is 31.1 Å². The summed E-state index contributed by atoms with van der Waals surface area (Å²) in [5, 5.41) is 2.98. The van der Waals surface area contributed by atoms with Gasteiger partial charge in [0.2, 0.25) is 5.91 Å². The fraction of sp³-hybridized carbons (Fsp3) is 0.238. The Hall–Kier alpha value is -2.71. The number of amides is 1. The Labute approximate surface area is 173 Å². The minimum Gasteiger partial charge on any atom is -0.312 e. The highest BCUT2D eigenvalue weighted by molar-refractivity contribution is 7.92. The molecule has 0 unspecified atom stereocenters. The van der Waals surface area contributed by atoms with Crippen molar-refractivity contribution in [3.8, 4) is 11.3 Å². The third kappa shape index (κ3) is 3.22. The monoisotopic (exact) mass is 425 g/mol. The fourth-order valence-electron chi connectivity index (χ4n) is 4.00. The molecule has 0 radical (unpaired) electrons. The van der Waals surface area contributed by atoms with Gasteiger partial charge in [0.1, 0.15) is 0 Å². The molecule has 0 aliphatic carbocycles. The predicted molar refractivity (Wildman–Crippen MR) is 114 cm³/mol. The number of anilines is 2. The Balaban J connectivity index is 1.43. The summed E-state index contributed by atoms with van der Waals surface area (Å²) in [6.45, 7) is 2.59. The number of benzene rings is 2. The molecule has 8 heteroatoms. The second-order valence-electron chi connectivity index (χ2n) is 7.32. The number of nitrogens with zero attached hydrogens (tertiary/aromatic N) is 2. The highest BCUT2D eigenvalue weighted by Gasteiger charge is 2.32. The van der Waals surface area contributed by atoms with Crippen molar-refractivity contribution in [1.29, 1.82) is 0 Å². The van der Waals surface area contributed by atoms with E-state index in [2.05, 4.69) is 9.71 Å². The van der Waals surface area contributed by atoms with Crippen molar-refractivity contribution >= 4 is 38.6 Å². The maximum atomic E-state index is 13.0. The van der Waals surface area contributed by atoms with Gasteiger partial charge in [0.15, 0.2) is 0 Å². The molecule has 6 nitrogen and oxygen atoms in total. The standard InChI is InChI=1S/C21H19N3O3S2/c1-13-22-19(12-28-13)14-2-5-17(6-3-14)23-29(26,27)18-10-15-4-7-20(25)24-9-8-16(11-18)21(15)24/h2-3,5-6,10-12,23H,4,7-9H2,1H3. The van der Waals surface area contributed by atoms with Gasteiger partial charge in [0, 0.05) is 29.6 Å².